The van der Waals surface area contributed by atoms with E-state index in [-0.39, 0.29) is 5.56 Å². The lowest BCUT2D eigenvalue weighted by Crippen LogP contribution is -2.05. The number of alkyl halides is 3. The maximum absolute atomic E-state index is 13.6. The van der Waals surface area contributed by atoms with Crippen LogP contribution in [0.5, 0.6) is 0 Å². The molecule has 0 saturated heterocycles. The largest absolute Gasteiger partial charge is 0.478 e. The van der Waals surface area contributed by atoms with Crippen molar-refractivity contribution in [2.24, 2.45) is 0 Å². The van der Waals surface area contributed by atoms with Crippen molar-refractivity contribution in [1.82, 2.24) is 4.98 Å². The second-order valence-corrected chi connectivity index (χ2v) is 9.51. The van der Waals surface area contributed by atoms with E-state index in [1.165, 1.54) is 29.8 Å². The molecular formula is C28H26BrF4NO2. The summed E-state index contributed by atoms with van der Waals surface area (Å²) in [5.74, 6) is -1.95. The van der Waals surface area contributed by atoms with Crippen LogP contribution < -0.4 is 0 Å². The summed E-state index contributed by atoms with van der Waals surface area (Å²) in [4.78, 5) is 15.5. The van der Waals surface area contributed by atoms with Crippen LogP contribution in [0.2, 0.25) is 0 Å². The molecule has 1 N–H and O–H groups in total. The Morgan fingerprint density at radius 3 is 2.36 bits per heavy atom. The molecule has 190 valence electrons. The molecule has 2 aromatic carbocycles. The fraction of sp³-hybridized carbons (Fsp3) is 0.286. The maximum atomic E-state index is 13.6. The number of halogens is 5. The molecule has 0 fully saturated rings. The van der Waals surface area contributed by atoms with Gasteiger partial charge in [-0.3, -0.25) is 4.98 Å². The van der Waals surface area contributed by atoms with Crippen LogP contribution in [0.1, 0.15) is 70.1 Å². The van der Waals surface area contributed by atoms with E-state index in [1.807, 2.05) is 19.9 Å². The molecule has 0 radical (unpaired) electrons. The highest BCUT2D eigenvalue weighted by molar-refractivity contribution is 9.10. The van der Waals surface area contributed by atoms with E-state index in [9.17, 15) is 22.4 Å². The molecule has 1 aliphatic rings. The van der Waals surface area contributed by atoms with Crippen LogP contribution in [-0.4, -0.2) is 16.1 Å². The summed E-state index contributed by atoms with van der Waals surface area (Å²) in [6.07, 6.45) is 1.06. The first-order valence-corrected chi connectivity index (χ1v) is 12.3. The number of pyridine rings is 1. The SMILES string of the molecule is CCc1ccc(C(F)(F)F)cc1C.Cc1ncc(Br)cc1C1=C(c2ccc(F)c(C(=O)O)c2)CCC1. The summed E-state index contributed by atoms with van der Waals surface area (Å²) in [5, 5.41) is 9.12. The second kappa shape index (κ2) is 11.4. The summed E-state index contributed by atoms with van der Waals surface area (Å²) in [6, 6.07) is 10.2. The van der Waals surface area contributed by atoms with Crippen LogP contribution in [0, 0.1) is 19.7 Å². The molecule has 0 aliphatic heterocycles. The molecule has 1 aliphatic carbocycles. The maximum Gasteiger partial charge on any atom is 0.416 e. The van der Waals surface area contributed by atoms with Crippen LogP contribution in [-0.2, 0) is 12.6 Å². The summed E-state index contributed by atoms with van der Waals surface area (Å²) >= 11 is 3.45. The summed E-state index contributed by atoms with van der Waals surface area (Å²) in [7, 11) is 0. The van der Waals surface area contributed by atoms with Crippen molar-refractivity contribution in [2.75, 3.05) is 0 Å². The average molecular weight is 564 g/mol. The van der Waals surface area contributed by atoms with Gasteiger partial charge in [0.2, 0.25) is 0 Å². The number of carboxylic acid groups (broad SMARTS) is 1. The third-order valence-corrected chi connectivity index (χ3v) is 6.63. The Bertz CT molecular complexity index is 1320. The number of nitrogens with zero attached hydrogens (tertiary/aromatic N) is 1. The zero-order valence-electron chi connectivity index (χ0n) is 20.1. The molecule has 0 atom stereocenters. The third kappa shape index (κ3) is 6.40. The highest BCUT2D eigenvalue weighted by atomic mass is 79.9. The Hall–Kier alpha value is -3.00. The Labute approximate surface area is 216 Å². The molecular weight excluding hydrogens is 538 g/mol. The lowest BCUT2D eigenvalue weighted by Gasteiger charge is -2.12. The van der Waals surface area contributed by atoms with Crippen molar-refractivity contribution in [2.45, 2.75) is 52.6 Å². The molecule has 4 rings (SSSR count). The zero-order valence-corrected chi connectivity index (χ0v) is 21.7. The highest BCUT2D eigenvalue weighted by Gasteiger charge is 2.30. The molecule has 1 aromatic heterocycles. The third-order valence-electron chi connectivity index (χ3n) is 6.19. The minimum atomic E-state index is -4.23. The molecule has 0 bridgehead atoms. The van der Waals surface area contributed by atoms with Crippen molar-refractivity contribution in [1.29, 1.82) is 0 Å². The number of hydrogen-bond acceptors (Lipinski definition) is 2. The molecule has 36 heavy (non-hydrogen) atoms. The molecule has 3 nitrogen and oxygen atoms in total. The number of benzene rings is 2. The quantitative estimate of drug-likeness (QED) is 0.323. The summed E-state index contributed by atoms with van der Waals surface area (Å²) in [6.45, 7) is 5.59. The monoisotopic (exact) mass is 563 g/mol. The van der Waals surface area contributed by atoms with Crippen LogP contribution >= 0.6 is 15.9 Å². The average Bonchev–Trinajstić information content (AvgIpc) is 3.30. The minimum absolute atomic E-state index is 0.287. The Kier molecular flexibility index (Phi) is 8.71. The number of aryl methyl sites for hydroxylation is 3. The van der Waals surface area contributed by atoms with Gasteiger partial charge in [-0.1, -0.05) is 19.1 Å². The topological polar surface area (TPSA) is 50.2 Å². The van der Waals surface area contributed by atoms with Gasteiger partial charge in [0, 0.05) is 21.9 Å². The molecule has 8 heteroatoms. The van der Waals surface area contributed by atoms with E-state index in [0.29, 0.717) is 5.56 Å². The van der Waals surface area contributed by atoms with Gasteiger partial charge in [-0.2, -0.15) is 13.2 Å². The molecule has 1 heterocycles. The number of carbonyl (C=O) groups is 1. The van der Waals surface area contributed by atoms with Gasteiger partial charge in [-0.05, 0) is 114 Å². The van der Waals surface area contributed by atoms with Gasteiger partial charge >= 0.3 is 12.1 Å². The van der Waals surface area contributed by atoms with Crippen LogP contribution in [0.15, 0.2) is 53.1 Å². The zero-order chi connectivity index (χ0) is 26.6. The van der Waals surface area contributed by atoms with Crippen molar-refractivity contribution >= 4 is 33.0 Å². The van der Waals surface area contributed by atoms with Crippen molar-refractivity contribution in [3.63, 3.8) is 0 Å². The van der Waals surface area contributed by atoms with Gasteiger partial charge < -0.3 is 5.11 Å². The first-order valence-electron chi connectivity index (χ1n) is 11.5. The number of rotatable bonds is 4. The Balaban J connectivity index is 0.000000236. The normalized spacial score (nSPS) is 13.4. The number of allylic oxidation sites excluding steroid dienone is 2. The van der Waals surface area contributed by atoms with Crippen LogP contribution in [0.25, 0.3) is 11.1 Å². The smallest absolute Gasteiger partial charge is 0.416 e. The molecule has 0 spiro atoms. The Morgan fingerprint density at radius 1 is 1.06 bits per heavy atom. The summed E-state index contributed by atoms with van der Waals surface area (Å²) < 4.78 is 51.1. The minimum Gasteiger partial charge on any atom is -0.478 e. The number of aromatic nitrogens is 1. The van der Waals surface area contributed by atoms with Gasteiger partial charge in [-0.25, -0.2) is 9.18 Å². The predicted molar refractivity (Wildman–Crippen MR) is 136 cm³/mol. The van der Waals surface area contributed by atoms with E-state index in [2.05, 4.69) is 20.9 Å². The molecule has 3 aromatic rings. The van der Waals surface area contributed by atoms with Gasteiger partial charge in [0.15, 0.2) is 0 Å². The van der Waals surface area contributed by atoms with Crippen molar-refractivity contribution in [3.05, 3.63) is 98.0 Å². The predicted octanol–water partition coefficient (Wildman–Crippen LogP) is 8.66. The van der Waals surface area contributed by atoms with E-state index in [1.54, 1.807) is 19.2 Å². The first kappa shape index (κ1) is 27.6. The fourth-order valence-corrected chi connectivity index (χ4v) is 4.65. The molecule has 0 unspecified atom stereocenters. The van der Waals surface area contributed by atoms with Crippen molar-refractivity contribution < 1.29 is 27.5 Å². The molecule has 0 saturated carbocycles. The summed E-state index contributed by atoms with van der Waals surface area (Å²) in [5.41, 5.74) is 5.83. The van der Waals surface area contributed by atoms with Gasteiger partial charge in [-0.15, -0.1) is 0 Å². The number of carboxylic acids is 1. The van der Waals surface area contributed by atoms with Crippen LogP contribution in [0.4, 0.5) is 17.6 Å². The van der Waals surface area contributed by atoms with E-state index in [0.717, 1.165) is 64.2 Å². The van der Waals surface area contributed by atoms with Crippen molar-refractivity contribution in [3.8, 4) is 0 Å². The van der Waals surface area contributed by atoms with E-state index < -0.39 is 23.5 Å². The first-order chi connectivity index (χ1) is 16.9. The lowest BCUT2D eigenvalue weighted by molar-refractivity contribution is -0.137. The standard InChI is InChI=1S/C18H15BrFNO2.C10H11F3/c1-10-15(8-12(19)9-21-10)14-4-2-3-13(14)11-5-6-17(20)16(7-11)18(22)23;1-3-8-4-5-9(6-7(8)2)10(11,12)13/h5-9H,2-4H2,1H3,(H,22,23);4-6H,3H2,1-2H3. The lowest BCUT2D eigenvalue weighted by atomic mass is 9.95. The van der Waals surface area contributed by atoms with E-state index >= 15 is 0 Å². The van der Waals surface area contributed by atoms with Crippen LogP contribution in [0.3, 0.4) is 0 Å². The highest BCUT2D eigenvalue weighted by Crippen LogP contribution is 2.41. The fourth-order valence-electron chi connectivity index (χ4n) is 4.32. The number of hydrogen-bond donors (Lipinski definition) is 1. The van der Waals surface area contributed by atoms with Gasteiger partial charge in [0.25, 0.3) is 0 Å². The number of aromatic carboxylic acids is 1. The van der Waals surface area contributed by atoms with Gasteiger partial charge in [0.1, 0.15) is 5.82 Å². The Morgan fingerprint density at radius 2 is 1.75 bits per heavy atom. The second-order valence-electron chi connectivity index (χ2n) is 8.59. The molecule has 0 amide bonds. The van der Waals surface area contributed by atoms with E-state index in [4.69, 9.17) is 5.11 Å². The van der Waals surface area contributed by atoms with Gasteiger partial charge in [0.05, 0.1) is 11.1 Å².